The Morgan fingerprint density at radius 3 is 2.46 bits per heavy atom. The molecule has 1 heterocycles. The van der Waals surface area contributed by atoms with Gasteiger partial charge < -0.3 is 5.11 Å². The second kappa shape index (κ2) is 7.15. The van der Waals surface area contributed by atoms with Crippen molar-refractivity contribution in [2.24, 2.45) is 0 Å². The summed E-state index contributed by atoms with van der Waals surface area (Å²) in [6.45, 7) is 1.85. The Balaban J connectivity index is 1.86. The molecular formula is C20H18N2O2. The van der Waals surface area contributed by atoms with E-state index < -0.39 is 0 Å². The molecule has 0 aliphatic rings. The van der Waals surface area contributed by atoms with Crippen molar-refractivity contribution in [2.45, 2.75) is 20.0 Å². The lowest BCUT2D eigenvalue weighted by Gasteiger charge is -2.11. The van der Waals surface area contributed by atoms with Crippen molar-refractivity contribution in [1.82, 2.24) is 9.97 Å². The van der Waals surface area contributed by atoms with Gasteiger partial charge in [0.25, 0.3) is 0 Å². The zero-order chi connectivity index (χ0) is 16.9. The van der Waals surface area contributed by atoms with Crippen LogP contribution >= 0.6 is 0 Å². The molecule has 0 aliphatic heterocycles. The van der Waals surface area contributed by atoms with Crippen molar-refractivity contribution in [1.29, 1.82) is 0 Å². The molecule has 24 heavy (non-hydrogen) atoms. The fourth-order valence-electron chi connectivity index (χ4n) is 2.65. The molecule has 0 saturated heterocycles. The maximum Gasteiger partial charge on any atom is 0.187 e. The Kier molecular flexibility index (Phi) is 4.77. The van der Waals surface area contributed by atoms with Crippen molar-refractivity contribution in [3.8, 4) is 11.1 Å². The number of hydrogen-bond acceptors (Lipinski definition) is 4. The van der Waals surface area contributed by atoms with Gasteiger partial charge in [-0.15, -0.1) is 0 Å². The van der Waals surface area contributed by atoms with Gasteiger partial charge in [0.2, 0.25) is 0 Å². The highest BCUT2D eigenvalue weighted by molar-refractivity contribution is 5.95. The summed E-state index contributed by atoms with van der Waals surface area (Å²) in [5.74, 6) is -0.0831. The topological polar surface area (TPSA) is 63.1 Å². The summed E-state index contributed by atoms with van der Waals surface area (Å²) in [4.78, 5) is 20.5. The molecule has 0 bridgehead atoms. The zero-order valence-electron chi connectivity index (χ0n) is 13.4. The summed E-state index contributed by atoms with van der Waals surface area (Å²) in [6, 6.07) is 16.1. The monoisotopic (exact) mass is 318 g/mol. The molecule has 4 heteroatoms. The van der Waals surface area contributed by atoms with Crippen LogP contribution in [-0.2, 0) is 13.0 Å². The van der Waals surface area contributed by atoms with Gasteiger partial charge >= 0.3 is 0 Å². The quantitative estimate of drug-likeness (QED) is 0.733. The Hall–Kier alpha value is -2.85. The molecule has 0 amide bonds. The second-order valence-corrected chi connectivity index (χ2v) is 5.61. The minimum absolute atomic E-state index is 0.0831. The van der Waals surface area contributed by atoms with E-state index in [1.807, 2.05) is 37.3 Å². The molecule has 0 spiro atoms. The first kappa shape index (κ1) is 16.0. The molecular weight excluding hydrogens is 300 g/mol. The predicted molar refractivity (Wildman–Crippen MR) is 92.6 cm³/mol. The van der Waals surface area contributed by atoms with E-state index >= 15 is 0 Å². The van der Waals surface area contributed by atoms with Crippen molar-refractivity contribution < 1.29 is 9.90 Å². The third-order valence-corrected chi connectivity index (χ3v) is 4.03. The normalized spacial score (nSPS) is 10.6. The third-order valence-electron chi connectivity index (χ3n) is 4.03. The molecule has 0 unspecified atom stereocenters. The van der Waals surface area contributed by atoms with Crippen LogP contribution in [0.15, 0.2) is 60.9 Å². The molecule has 120 valence electrons. The van der Waals surface area contributed by atoms with Crippen molar-refractivity contribution in [3.05, 3.63) is 83.4 Å². The number of rotatable bonds is 5. The van der Waals surface area contributed by atoms with Gasteiger partial charge in [-0.1, -0.05) is 48.5 Å². The largest absolute Gasteiger partial charge is 0.390 e. The fourth-order valence-corrected chi connectivity index (χ4v) is 2.65. The molecule has 0 fully saturated rings. The smallest absolute Gasteiger partial charge is 0.187 e. The number of Topliss-reactive ketones (excluding diaryl/α,β-unsaturated/α-hetero) is 1. The van der Waals surface area contributed by atoms with E-state index in [1.54, 1.807) is 0 Å². The van der Waals surface area contributed by atoms with Gasteiger partial charge in [-0.05, 0) is 29.2 Å². The average Bonchev–Trinajstić information content (AvgIpc) is 2.64. The molecule has 3 rings (SSSR count). The van der Waals surface area contributed by atoms with Crippen LogP contribution in [0.2, 0.25) is 0 Å². The zero-order valence-corrected chi connectivity index (χ0v) is 13.4. The summed E-state index contributed by atoms with van der Waals surface area (Å²) in [7, 11) is 0. The number of ketones is 1. The summed E-state index contributed by atoms with van der Waals surface area (Å²) in [6.07, 6.45) is 3.13. The first-order valence-corrected chi connectivity index (χ1v) is 7.78. The van der Waals surface area contributed by atoms with Gasteiger partial charge in [0.05, 0.1) is 24.7 Å². The lowest BCUT2D eigenvalue weighted by Crippen LogP contribution is -2.08. The second-order valence-electron chi connectivity index (χ2n) is 5.61. The van der Waals surface area contributed by atoms with Gasteiger partial charge in [0, 0.05) is 6.42 Å². The van der Waals surface area contributed by atoms with Crippen LogP contribution in [0.25, 0.3) is 11.1 Å². The number of hydrogen-bond donors (Lipinski definition) is 1. The Bertz CT molecular complexity index is 843. The van der Waals surface area contributed by atoms with Gasteiger partial charge in [-0.2, -0.15) is 0 Å². The van der Waals surface area contributed by atoms with Crippen molar-refractivity contribution >= 4 is 5.78 Å². The Labute approximate surface area is 140 Å². The highest BCUT2D eigenvalue weighted by atomic mass is 16.3. The summed E-state index contributed by atoms with van der Waals surface area (Å²) in [5, 5.41) is 8.99. The molecule has 0 atom stereocenters. The Morgan fingerprint density at radius 2 is 1.79 bits per heavy atom. The minimum atomic E-state index is -0.181. The minimum Gasteiger partial charge on any atom is -0.390 e. The molecule has 2 aromatic carbocycles. The standard InChI is InChI=1S/C20H18N2O2/c1-14-16(8-5-9-18(14)15-6-3-2-4-7-15)10-20(24)19-12-21-17(13-23)11-22-19/h2-9,11-12,23H,10,13H2,1H3. The van der Waals surface area contributed by atoms with Crippen molar-refractivity contribution in [3.63, 3.8) is 0 Å². The molecule has 1 aromatic heterocycles. The number of aliphatic hydroxyl groups is 1. The van der Waals surface area contributed by atoms with E-state index in [1.165, 1.54) is 12.4 Å². The number of nitrogens with zero attached hydrogens (tertiary/aromatic N) is 2. The Morgan fingerprint density at radius 1 is 1.00 bits per heavy atom. The van der Waals surface area contributed by atoms with Crippen LogP contribution in [0, 0.1) is 6.92 Å². The first-order chi connectivity index (χ1) is 11.7. The highest BCUT2D eigenvalue weighted by Crippen LogP contribution is 2.26. The molecule has 4 nitrogen and oxygen atoms in total. The van der Waals surface area contributed by atoms with E-state index in [4.69, 9.17) is 5.11 Å². The van der Waals surface area contributed by atoms with E-state index in [0.717, 1.165) is 22.3 Å². The van der Waals surface area contributed by atoms with Gasteiger partial charge in [0.15, 0.2) is 5.78 Å². The molecule has 0 saturated carbocycles. The lowest BCUT2D eigenvalue weighted by atomic mass is 9.94. The van der Waals surface area contributed by atoms with Crippen molar-refractivity contribution in [2.75, 3.05) is 0 Å². The molecule has 3 aromatic rings. The molecule has 0 aliphatic carbocycles. The SMILES string of the molecule is Cc1c(CC(=O)c2cnc(CO)cn2)cccc1-c1ccccc1. The van der Waals surface area contributed by atoms with Crippen LogP contribution in [0.5, 0.6) is 0 Å². The average molecular weight is 318 g/mol. The number of benzene rings is 2. The maximum atomic E-state index is 12.4. The van der Waals surface area contributed by atoms with E-state index in [9.17, 15) is 4.79 Å². The fraction of sp³-hybridized carbons (Fsp3) is 0.150. The third kappa shape index (κ3) is 3.39. The van der Waals surface area contributed by atoms with Crippen LogP contribution < -0.4 is 0 Å². The first-order valence-electron chi connectivity index (χ1n) is 7.78. The number of carbonyl (C=O) groups is 1. The highest BCUT2D eigenvalue weighted by Gasteiger charge is 2.13. The van der Waals surface area contributed by atoms with Gasteiger partial charge in [-0.25, -0.2) is 4.98 Å². The van der Waals surface area contributed by atoms with Gasteiger partial charge in [-0.3, -0.25) is 9.78 Å². The van der Waals surface area contributed by atoms with Crippen LogP contribution in [0.4, 0.5) is 0 Å². The molecule has 0 radical (unpaired) electrons. The predicted octanol–water partition coefficient (Wildman–Crippen LogP) is 3.37. The maximum absolute atomic E-state index is 12.4. The van der Waals surface area contributed by atoms with Crippen LogP contribution in [0.3, 0.4) is 0 Å². The van der Waals surface area contributed by atoms with Crippen LogP contribution in [0.1, 0.15) is 27.3 Å². The lowest BCUT2D eigenvalue weighted by molar-refractivity contribution is 0.0987. The number of aliphatic hydroxyl groups excluding tert-OH is 1. The van der Waals surface area contributed by atoms with E-state index in [0.29, 0.717) is 11.4 Å². The molecule has 1 N–H and O–H groups in total. The van der Waals surface area contributed by atoms with Gasteiger partial charge in [0.1, 0.15) is 5.69 Å². The number of aromatic nitrogens is 2. The summed E-state index contributed by atoms with van der Waals surface area (Å²) in [5.41, 5.74) is 5.11. The van der Waals surface area contributed by atoms with Crippen LogP contribution in [-0.4, -0.2) is 20.9 Å². The van der Waals surface area contributed by atoms with E-state index in [-0.39, 0.29) is 18.8 Å². The summed E-state index contributed by atoms with van der Waals surface area (Å²) < 4.78 is 0. The number of carbonyl (C=O) groups excluding carboxylic acids is 1. The summed E-state index contributed by atoms with van der Waals surface area (Å²) >= 11 is 0. The van der Waals surface area contributed by atoms with E-state index in [2.05, 4.69) is 28.2 Å².